The molecule has 0 saturated carbocycles. The molecule has 0 aliphatic heterocycles. The van der Waals surface area contributed by atoms with Crippen molar-refractivity contribution in [2.24, 2.45) is 0 Å². The summed E-state index contributed by atoms with van der Waals surface area (Å²) >= 11 is 0. The van der Waals surface area contributed by atoms with Crippen molar-refractivity contribution in [2.75, 3.05) is 0 Å². The van der Waals surface area contributed by atoms with Gasteiger partial charge in [0.15, 0.2) is 0 Å². The monoisotopic (exact) mass is 167 g/mol. The van der Waals surface area contributed by atoms with Gasteiger partial charge in [0.1, 0.15) is 0 Å². The van der Waals surface area contributed by atoms with Crippen LogP contribution in [0.5, 0.6) is 0 Å². The molecule has 1 heteroatoms. The van der Waals surface area contributed by atoms with E-state index in [-0.39, 0.29) is 6.04 Å². The van der Waals surface area contributed by atoms with Gasteiger partial charge < -0.3 is 5.32 Å². The third-order valence-electron chi connectivity index (χ3n) is 1.99. The van der Waals surface area contributed by atoms with Crippen LogP contribution in [0.2, 0.25) is 0 Å². The lowest BCUT2D eigenvalue weighted by atomic mass is 10.1. The van der Waals surface area contributed by atoms with Crippen LogP contribution >= 0.6 is 0 Å². The number of nitrogens with one attached hydrogen (secondary N) is 1. The molecule has 12 heavy (non-hydrogen) atoms. The molecule has 0 aromatic rings. The van der Waals surface area contributed by atoms with Crippen molar-refractivity contribution in [3.05, 3.63) is 0 Å². The summed E-state index contributed by atoms with van der Waals surface area (Å²) in [5.74, 6) is 2.78. The Kier molecular flexibility index (Phi) is 6.90. The van der Waals surface area contributed by atoms with E-state index >= 15 is 0 Å². The molecule has 2 atom stereocenters. The molecule has 70 valence electrons. The van der Waals surface area contributed by atoms with Crippen molar-refractivity contribution < 1.29 is 0 Å². The summed E-state index contributed by atoms with van der Waals surface area (Å²) < 4.78 is 0. The molecule has 0 aliphatic carbocycles. The molecule has 0 radical (unpaired) electrons. The zero-order chi connectivity index (χ0) is 9.40. The molecule has 0 aromatic carbocycles. The molecule has 0 aromatic heterocycles. The fourth-order valence-corrected chi connectivity index (χ4v) is 1.36. The van der Waals surface area contributed by atoms with Crippen LogP contribution < -0.4 is 5.32 Å². The van der Waals surface area contributed by atoms with Crippen molar-refractivity contribution in [3.8, 4) is 12.3 Å². The van der Waals surface area contributed by atoms with Crippen LogP contribution in [0.1, 0.15) is 46.5 Å². The van der Waals surface area contributed by atoms with E-state index in [1.54, 1.807) is 0 Å². The minimum atomic E-state index is 0.275. The van der Waals surface area contributed by atoms with Crippen LogP contribution in [-0.4, -0.2) is 12.1 Å². The quantitative estimate of drug-likeness (QED) is 0.599. The maximum absolute atomic E-state index is 5.39. The Labute approximate surface area is 76.9 Å². The second kappa shape index (κ2) is 7.18. The lowest BCUT2D eigenvalue weighted by Gasteiger charge is -2.17. The van der Waals surface area contributed by atoms with Gasteiger partial charge >= 0.3 is 0 Å². The van der Waals surface area contributed by atoms with Crippen molar-refractivity contribution in [1.29, 1.82) is 0 Å². The van der Waals surface area contributed by atoms with Crippen LogP contribution in [0.25, 0.3) is 0 Å². The zero-order valence-corrected chi connectivity index (χ0v) is 8.56. The van der Waals surface area contributed by atoms with Gasteiger partial charge in [0.25, 0.3) is 0 Å². The topological polar surface area (TPSA) is 12.0 Å². The molecular formula is C11H21N. The Hall–Kier alpha value is -0.480. The predicted octanol–water partition coefficient (Wildman–Crippen LogP) is 2.57. The second-order valence-corrected chi connectivity index (χ2v) is 3.36. The lowest BCUT2D eigenvalue weighted by molar-refractivity contribution is 0.456. The Morgan fingerprint density at radius 1 is 1.25 bits per heavy atom. The predicted molar refractivity (Wildman–Crippen MR) is 55.0 cm³/mol. The Balaban J connectivity index is 3.63. The first-order valence-electron chi connectivity index (χ1n) is 4.96. The number of hydrogen-bond donors (Lipinski definition) is 1. The Morgan fingerprint density at radius 2 is 1.83 bits per heavy atom. The molecule has 0 fully saturated rings. The highest BCUT2D eigenvalue weighted by atomic mass is 14.9. The van der Waals surface area contributed by atoms with Gasteiger partial charge in [-0.05, 0) is 19.8 Å². The number of terminal acetylenes is 1. The molecule has 0 rings (SSSR count). The molecule has 0 amide bonds. The average Bonchev–Trinajstić information content (AvgIpc) is 2.04. The van der Waals surface area contributed by atoms with Crippen molar-refractivity contribution >= 4 is 0 Å². The van der Waals surface area contributed by atoms with E-state index in [2.05, 4.69) is 32.0 Å². The first-order chi connectivity index (χ1) is 5.74. The van der Waals surface area contributed by atoms with Crippen LogP contribution in [0.4, 0.5) is 0 Å². The number of rotatable bonds is 6. The largest absolute Gasteiger partial charge is 0.301 e. The van der Waals surface area contributed by atoms with Crippen LogP contribution in [0, 0.1) is 12.3 Å². The number of hydrogen-bond acceptors (Lipinski definition) is 1. The van der Waals surface area contributed by atoms with Gasteiger partial charge in [0, 0.05) is 6.04 Å². The third-order valence-corrected chi connectivity index (χ3v) is 1.99. The molecule has 1 N–H and O–H groups in total. The summed E-state index contributed by atoms with van der Waals surface area (Å²) in [6.07, 6.45) is 10.1. The van der Waals surface area contributed by atoms with E-state index in [1.165, 1.54) is 12.8 Å². The summed E-state index contributed by atoms with van der Waals surface area (Å²) in [5.41, 5.74) is 0. The van der Waals surface area contributed by atoms with E-state index in [4.69, 9.17) is 6.42 Å². The molecular weight excluding hydrogens is 146 g/mol. The smallest absolute Gasteiger partial charge is 0.0688 e. The minimum Gasteiger partial charge on any atom is -0.301 e. The third kappa shape index (κ3) is 5.21. The highest BCUT2D eigenvalue weighted by molar-refractivity contribution is 4.99. The molecule has 0 spiro atoms. The van der Waals surface area contributed by atoms with Crippen LogP contribution in [0.15, 0.2) is 0 Å². The first-order valence-corrected chi connectivity index (χ1v) is 4.96. The van der Waals surface area contributed by atoms with Crippen molar-refractivity contribution in [1.82, 2.24) is 5.32 Å². The fraction of sp³-hybridized carbons (Fsp3) is 0.818. The van der Waals surface area contributed by atoms with Gasteiger partial charge in [0.2, 0.25) is 0 Å². The molecule has 0 aliphatic rings. The highest BCUT2D eigenvalue weighted by Gasteiger charge is 2.06. The second-order valence-electron chi connectivity index (χ2n) is 3.36. The van der Waals surface area contributed by atoms with Gasteiger partial charge in [-0.3, -0.25) is 0 Å². The van der Waals surface area contributed by atoms with E-state index < -0.39 is 0 Å². The summed E-state index contributed by atoms with van der Waals surface area (Å²) in [6.45, 7) is 6.56. The average molecular weight is 167 g/mol. The minimum absolute atomic E-state index is 0.275. The molecule has 1 nitrogen and oxygen atoms in total. The summed E-state index contributed by atoms with van der Waals surface area (Å²) in [4.78, 5) is 0. The summed E-state index contributed by atoms with van der Waals surface area (Å²) in [5, 5.41) is 3.43. The molecule has 0 saturated heterocycles. The molecule has 0 bridgehead atoms. The van der Waals surface area contributed by atoms with Crippen LogP contribution in [-0.2, 0) is 0 Å². The standard InChI is InChI=1S/C11H21N/c1-5-8-10(4)12-11(7-3)9-6-2/h3,10-12H,5-6,8-9H2,1-2,4H3. The fourth-order valence-electron chi connectivity index (χ4n) is 1.36. The van der Waals surface area contributed by atoms with E-state index in [1.807, 2.05) is 0 Å². The van der Waals surface area contributed by atoms with E-state index in [0.29, 0.717) is 6.04 Å². The maximum Gasteiger partial charge on any atom is 0.0688 e. The summed E-state index contributed by atoms with van der Waals surface area (Å²) in [6, 6.07) is 0.833. The first kappa shape index (κ1) is 11.5. The van der Waals surface area contributed by atoms with Gasteiger partial charge in [-0.2, -0.15) is 0 Å². The summed E-state index contributed by atoms with van der Waals surface area (Å²) in [7, 11) is 0. The Morgan fingerprint density at radius 3 is 2.25 bits per heavy atom. The van der Waals surface area contributed by atoms with Crippen molar-refractivity contribution in [3.63, 3.8) is 0 Å². The van der Waals surface area contributed by atoms with Gasteiger partial charge in [-0.1, -0.05) is 32.6 Å². The highest BCUT2D eigenvalue weighted by Crippen LogP contribution is 2.00. The maximum atomic E-state index is 5.39. The van der Waals surface area contributed by atoms with Gasteiger partial charge in [-0.25, -0.2) is 0 Å². The Bertz CT molecular complexity index is 134. The molecule has 0 heterocycles. The normalized spacial score (nSPS) is 15.2. The molecule has 2 unspecified atom stereocenters. The van der Waals surface area contributed by atoms with Crippen LogP contribution in [0.3, 0.4) is 0 Å². The van der Waals surface area contributed by atoms with Gasteiger partial charge in [-0.15, -0.1) is 6.42 Å². The zero-order valence-electron chi connectivity index (χ0n) is 8.56. The van der Waals surface area contributed by atoms with Crippen molar-refractivity contribution in [2.45, 2.75) is 58.5 Å². The van der Waals surface area contributed by atoms with E-state index in [0.717, 1.165) is 12.8 Å². The SMILES string of the molecule is C#CC(CCC)NC(C)CCC. The van der Waals surface area contributed by atoms with E-state index in [9.17, 15) is 0 Å². The lowest BCUT2D eigenvalue weighted by Crippen LogP contribution is -2.35. The van der Waals surface area contributed by atoms with Gasteiger partial charge in [0.05, 0.1) is 6.04 Å².